The Labute approximate surface area is 203 Å². The standard InChI is InChI=1S/C24H27N3O7S/c1-15(2)13-34-22(29)14-33-19-7-4-16(5-8-19)21(28)12-27-11-18-10-17(6-9-20(18)24(27)30)23(25)26-35(3,31)32/h4-10,15H,11-14H2,1-3H3,(H2,25,26). The number of nitrogens with two attached hydrogens (primary N) is 1. The van der Waals surface area contributed by atoms with E-state index < -0.39 is 16.0 Å². The third-order valence-electron chi connectivity index (χ3n) is 4.99. The minimum atomic E-state index is -3.66. The molecule has 35 heavy (non-hydrogen) atoms. The van der Waals surface area contributed by atoms with E-state index in [4.69, 9.17) is 15.2 Å². The molecular weight excluding hydrogens is 474 g/mol. The molecule has 0 spiro atoms. The number of esters is 1. The summed E-state index contributed by atoms with van der Waals surface area (Å²) >= 11 is 0. The predicted molar refractivity (Wildman–Crippen MR) is 129 cm³/mol. The fourth-order valence-corrected chi connectivity index (χ4v) is 3.81. The van der Waals surface area contributed by atoms with Crippen LogP contribution in [0.4, 0.5) is 0 Å². The number of ether oxygens (including phenoxy) is 2. The van der Waals surface area contributed by atoms with E-state index in [1.807, 2.05) is 13.8 Å². The van der Waals surface area contributed by atoms with Gasteiger partial charge in [0.2, 0.25) is 0 Å². The average Bonchev–Trinajstić information content (AvgIpc) is 3.09. The van der Waals surface area contributed by atoms with Crippen LogP contribution in [0, 0.1) is 5.92 Å². The fourth-order valence-electron chi connectivity index (χ4n) is 3.34. The number of sulfonamides is 1. The number of amides is 1. The molecule has 0 saturated heterocycles. The van der Waals surface area contributed by atoms with Gasteiger partial charge in [0.05, 0.1) is 19.4 Å². The van der Waals surface area contributed by atoms with Gasteiger partial charge in [-0.25, -0.2) is 13.2 Å². The number of Topliss-reactive ketones (excluding diaryl/α,β-unsaturated/α-hetero) is 1. The average molecular weight is 502 g/mol. The van der Waals surface area contributed by atoms with E-state index in [1.165, 1.54) is 11.0 Å². The van der Waals surface area contributed by atoms with Crippen LogP contribution in [0.5, 0.6) is 5.75 Å². The highest BCUT2D eigenvalue weighted by molar-refractivity contribution is 7.89. The zero-order chi connectivity index (χ0) is 25.8. The second-order valence-corrected chi connectivity index (χ2v) is 10.2. The molecule has 0 bridgehead atoms. The first-order chi connectivity index (χ1) is 16.4. The summed E-state index contributed by atoms with van der Waals surface area (Å²) in [6, 6.07) is 10.9. The van der Waals surface area contributed by atoms with E-state index >= 15 is 0 Å². The molecule has 0 atom stereocenters. The van der Waals surface area contributed by atoms with Crippen LogP contribution in [-0.2, 0) is 26.1 Å². The molecule has 1 amide bonds. The van der Waals surface area contributed by atoms with Crippen LogP contribution in [0.1, 0.15) is 45.7 Å². The number of fused-ring (bicyclic) bond motifs is 1. The van der Waals surface area contributed by atoms with Crippen LogP contribution < -0.4 is 10.5 Å². The molecule has 1 aliphatic heterocycles. The summed E-state index contributed by atoms with van der Waals surface area (Å²) in [5, 5.41) is 0. The van der Waals surface area contributed by atoms with Crippen molar-refractivity contribution in [1.29, 1.82) is 0 Å². The van der Waals surface area contributed by atoms with Crippen molar-refractivity contribution < 1.29 is 32.3 Å². The molecule has 0 saturated carbocycles. The maximum atomic E-state index is 12.7. The molecule has 0 unspecified atom stereocenters. The largest absolute Gasteiger partial charge is 0.482 e. The van der Waals surface area contributed by atoms with Gasteiger partial charge >= 0.3 is 5.97 Å². The number of amidine groups is 1. The van der Waals surface area contributed by atoms with Crippen LogP contribution in [0.15, 0.2) is 46.9 Å². The monoisotopic (exact) mass is 501 g/mol. The molecule has 11 heteroatoms. The lowest BCUT2D eigenvalue weighted by atomic mass is 10.1. The van der Waals surface area contributed by atoms with E-state index in [-0.39, 0.29) is 43.1 Å². The second-order valence-electron chi connectivity index (χ2n) is 8.56. The van der Waals surface area contributed by atoms with Gasteiger partial charge in [-0.15, -0.1) is 4.40 Å². The zero-order valence-electron chi connectivity index (χ0n) is 19.7. The second kappa shape index (κ2) is 10.7. The Morgan fingerprint density at radius 3 is 2.40 bits per heavy atom. The Morgan fingerprint density at radius 1 is 1.11 bits per heavy atom. The molecule has 10 nitrogen and oxygen atoms in total. The number of benzene rings is 2. The number of carbonyl (C=O) groups is 3. The summed E-state index contributed by atoms with van der Waals surface area (Å²) in [5.41, 5.74) is 7.56. The maximum Gasteiger partial charge on any atom is 0.344 e. The number of carbonyl (C=O) groups excluding carboxylic acids is 3. The van der Waals surface area contributed by atoms with Crippen molar-refractivity contribution >= 4 is 33.5 Å². The van der Waals surface area contributed by atoms with E-state index in [9.17, 15) is 22.8 Å². The summed E-state index contributed by atoms with van der Waals surface area (Å²) < 4.78 is 36.6. The molecule has 2 aromatic carbocycles. The zero-order valence-corrected chi connectivity index (χ0v) is 20.5. The molecule has 0 radical (unpaired) electrons. The summed E-state index contributed by atoms with van der Waals surface area (Å²) in [4.78, 5) is 38.5. The number of nitrogens with zero attached hydrogens (tertiary/aromatic N) is 2. The maximum absolute atomic E-state index is 12.7. The van der Waals surface area contributed by atoms with Gasteiger partial charge in [0.1, 0.15) is 11.6 Å². The van der Waals surface area contributed by atoms with Crippen LogP contribution >= 0.6 is 0 Å². The normalized spacial score (nSPS) is 13.7. The van der Waals surface area contributed by atoms with E-state index in [1.54, 1.807) is 36.4 Å². The number of rotatable bonds is 10. The lowest BCUT2D eigenvalue weighted by molar-refractivity contribution is -0.147. The van der Waals surface area contributed by atoms with Gasteiger partial charge in [-0.2, -0.15) is 0 Å². The summed E-state index contributed by atoms with van der Waals surface area (Å²) in [5.74, 6) is -0.584. The molecule has 1 aliphatic rings. The van der Waals surface area contributed by atoms with E-state index in [0.717, 1.165) is 6.26 Å². The first-order valence-corrected chi connectivity index (χ1v) is 12.7. The SMILES string of the molecule is CC(C)COC(=O)COc1ccc(C(=O)CN2Cc3cc(C(N)=NS(C)(=O)=O)ccc3C2=O)cc1. The first-order valence-electron chi connectivity index (χ1n) is 10.8. The Kier molecular flexibility index (Phi) is 7.90. The van der Waals surface area contributed by atoms with Crippen molar-refractivity contribution in [3.63, 3.8) is 0 Å². The van der Waals surface area contributed by atoms with Crippen molar-refractivity contribution in [3.8, 4) is 5.75 Å². The minimum Gasteiger partial charge on any atom is -0.482 e. The van der Waals surface area contributed by atoms with E-state index in [2.05, 4.69) is 4.40 Å². The van der Waals surface area contributed by atoms with Crippen molar-refractivity contribution in [1.82, 2.24) is 4.90 Å². The Bertz CT molecular complexity index is 1270. The smallest absolute Gasteiger partial charge is 0.344 e. The van der Waals surface area contributed by atoms with Crippen LogP contribution in [0.25, 0.3) is 0 Å². The number of hydrogen-bond donors (Lipinski definition) is 1. The highest BCUT2D eigenvalue weighted by Crippen LogP contribution is 2.24. The van der Waals surface area contributed by atoms with Crippen LogP contribution in [-0.4, -0.2) is 62.8 Å². The predicted octanol–water partition coefficient (Wildman–Crippen LogP) is 1.77. The van der Waals surface area contributed by atoms with Crippen molar-refractivity contribution in [2.45, 2.75) is 20.4 Å². The van der Waals surface area contributed by atoms with Crippen LogP contribution in [0.3, 0.4) is 0 Å². The van der Waals surface area contributed by atoms with Crippen molar-refractivity contribution in [2.24, 2.45) is 16.0 Å². The number of ketones is 1. The Morgan fingerprint density at radius 2 is 1.77 bits per heavy atom. The van der Waals surface area contributed by atoms with Gasteiger partial charge in [0.15, 0.2) is 12.4 Å². The lowest BCUT2D eigenvalue weighted by Gasteiger charge is -2.14. The molecule has 2 aromatic rings. The highest BCUT2D eigenvalue weighted by atomic mass is 32.2. The molecule has 0 aliphatic carbocycles. The fraction of sp³-hybridized carbons (Fsp3) is 0.333. The van der Waals surface area contributed by atoms with Gasteiger partial charge in [-0.1, -0.05) is 19.9 Å². The quantitative estimate of drug-likeness (QED) is 0.224. The molecular formula is C24H27N3O7S. The topological polar surface area (TPSA) is 145 Å². The molecule has 1 heterocycles. The highest BCUT2D eigenvalue weighted by Gasteiger charge is 2.29. The molecule has 0 fully saturated rings. The minimum absolute atomic E-state index is 0.141. The van der Waals surface area contributed by atoms with Crippen LogP contribution in [0.2, 0.25) is 0 Å². The molecule has 0 aromatic heterocycles. The lowest BCUT2D eigenvalue weighted by Crippen LogP contribution is -2.30. The van der Waals surface area contributed by atoms with Gasteiger partial charge in [-0.3, -0.25) is 9.59 Å². The Hall–Kier alpha value is -3.73. The third-order valence-corrected chi connectivity index (χ3v) is 5.52. The number of hydrogen-bond acceptors (Lipinski definition) is 7. The van der Waals surface area contributed by atoms with Gasteiger partial charge < -0.3 is 20.1 Å². The van der Waals surface area contributed by atoms with Gasteiger partial charge in [0.25, 0.3) is 15.9 Å². The molecule has 186 valence electrons. The summed E-state index contributed by atoms with van der Waals surface area (Å²) in [7, 11) is -3.66. The van der Waals surface area contributed by atoms with Crippen molar-refractivity contribution in [3.05, 3.63) is 64.7 Å². The third kappa shape index (κ3) is 7.12. The van der Waals surface area contributed by atoms with Gasteiger partial charge in [-0.05, 0) is 47.9 Å². The molecule has 2 N–H and O–H groups in total. The van der Waals surface area contributed by atoms with Gasteiger partial charge in [0, 0.05) is 23.2 Å². The first kappa shape index (κ1) is 25.9. The summed E-state index contributed by atoms with van der Waals surface area (Å²) in [6.45, 7) is 3.99. The Balaban J connectivity index is 1.60. The van der Waals surface area contributed by atoms with E-state index in [0.29, 0.717) is 34.6 Å². The summed E-state index contributed by atoms with van der Waals surface area (Å²) in [6.07, 6.45) is 0.935. The van der Waals surface area contributed by atoms with Crippen molar-refractivity contribution in [2.75, 3.05) is 26.0 Å². The molecule has 3 rings (SSSR count).